The summed E-state index contributed by atoms with van der Waals surface area (Å²) in [6.07, 6.45) is 0. The molecule has 0 radical (unpaired) electrons. The van der Waals surface area contributed by atoms with Gasteiger partial charge in [0.05, 0.1) is 39.5 Å². The lowest BCUT2D eigenvalue weighted by Gasteiger charge is -2.44. The minimum Gasteiger partial charge on any atom is -0.457 e. The van der Waals surface area contributed by atoms with Gasteiger partial charge in [-0.1, -0.05) is 212 Å². The maximum Gasteiger partial charge on any atom is 0.338 e. The van der Waals surface area contributed by atoms with Gasteiger partial charge in [-0.2, -0.15) is 5.26 Å². The Hall–Kier alpha value is -13.2. The Morgan fingerprint density at radius 3 is 1.24 bits per heavy atom. The van der Waals surface area contributed by atoms with Crippen LogP contribution in [0.5, 0.6) is 0 Å². The third-order valence-electron chi connectivity index (χ3n) is 18.5. The number of aromatic nitrogens is 4. The summed E-state index contributed by atoms with van der Waals surface area (Å²) in [7, 11) is 0. The number of benzene rings is 13. The number of carbonyl (C=O) groups is 2. The summed E-state index contributed by atoms with van der Waals surface area (Å²) in [5.74, 6) is 0.539. The van der Waals surface area contributed by atoms with Crippen molar-refractivity contribution in [1.82, 2.24) is 19.5 Å². The van der Waals surface area contributed by atoms with Crippen LogP contribution in [0.15, 0.2) is 315 Å². The number of hydrogen-bond acceptors (Lipinski definition) is 10. The van der Waals surface area contributed by atoms with E-state index in [9.17, 15) is 14.9 Å². The molecule has 13 aromatic carbocycles. The lowest BCUT2D eigenvalue weighted by atomic mass is 9.33. The Bertz CT molecular complexity index is 5410. The quantitative estimate of drug-likeness (QED) is 0.0767. The van der Waals surface area contributed by atoms with Crippen LogP contribution in [0.3, 0.4) is 0 Å². The van der Waals surface area contributed by atoms with Crippen LogP contribution in [0.2, 0.25) is 0 Å². The first-order valence-corrected chi connectivity index (χ1v) is 32.5. The fourth-order valence-electron chi connectivity index (χ4n) is 13.9. The number of nitrogens with zero attached hydrogens (tertiary/aromatic N) is 7. The van der Waals surface area contributed by atoms with Crippen molar-refractivity contribution in [3.05, 3.63) is 343 Å². The predicted molar refractivity (Wildman–Crippen MR) is 391 cm³/mol. The number of carbonyl (C=O) groups excluding carboxylic acids is 2. The molecule has 0 N–H and O–H groups in total. The molecule has 2 aliphatic heterocycles. The van der Waals surface area contributed by atoms with Crippen LogP contribution >= 0.6 is 0 Å². The molecule has 0 spiro atoms. The van der Waals surface area contributed by atoms with E-state index in [1.165, 1.54) is 0 Å². The van der Waals surface area contributed by atoms with E-state index in [0.29, 0.717) is 39.7 Å². The van der Waals surface area contributed by atoms with Crippen LogP contribution in [0.1, 0.15) is 37.4 Å². The van der Waals surface area contributed by atoms with Crippen molar-refractivity contribution in [3.63, 3.8) is 0 Å². The number of rotatable bonds is 14. The molecule has 0 atom stereocenters. The molecule has 12 heteroatoms. The van der Waals surface area contributed by atoms with E-state index in [1.54, 1.807) is 0 Å². The summed E-state index contributed by atoms with van der Waals surface area (Å²) in [5.41, 5.74) is 20.2. The van der Waals surface area contributed by atoms with E-state index in [1.807, 2.05) is 206 Å². The maximum absolute atomic E-state index is 14.4. The van der Waals surface area contributed by atoms with Crippen LogP contribution in [0, 0.1) is 11.3 Å². The van der Waals surface area contributed by atoms with Gasteiger partial charge in [0.15, 0.2) is 17.5 Å². The Morgan fingerprint density at radius 2 is 0.786 bits per heavy atom. The van der Waals surface area contributed by atoms with E-state index in [-0.39, 0.29) is 19.9 Å². The number of nitriles is 1. The number of para-hydroxylation sites is 2. The number of hydrogen-bond donors (Lipinski definition) is 0. The molecule has 0 bridgehead atoms. The van der Waals surface area contributed by atoms with E-state index >= 15 is 0 Å². The molecule has 4 heterocycles. The molecule has 17 rings (SSSR count). The molecule has 0 aliphatic carbocycles. The minimum atomic E-state index is -0.443. The van der Waals surface area contributed by atoms with Crippen molar-refractivity contribution in [3.8, 4) is 68.2 Å². The summed E-state index contributed by atoms with van der Waals surface area (Å²) >= 11 is 0. The summed E-state index contributed by atoms with van der Waals surface area (Å²) in [6.45, 7) is -0.143. The highest BCUT2D eigenvalue weighted by Crippen LogP contribution is 2.48. The van der Waals surface area contributed by atoms with Gasteiger partial charge in [-0.15, -0.1) is 0 Å². The van der Waals surface area contributed by atoms with E-state index in [2.05, 4.69) is 130 Å². The summed E-state index contributed by atoms with van der Waals surface area (Å²) in [6, 6.07) is 108. The molecular formula is C86H56BN7O4. The van der Waals surface area contributed by atoms with Crippen LogP contribution in [0.25, 0.3) is 83.9 Å². The van der Waals surface area contributed by atoms with Crippen LogP contribution in [-0.4, -0.2) is 38.2 Å². The van der Waals surface area contributed by atoms with Gasteiger partial charge in [-0.3, -0.25) is 0 Å². The smallest absolute Gasteiger partial charge is 0.338 e. The first-order chi connectivity index (χ1) is 48.4. The van der Waals surface area contributed by atoms with Crippen molar-refractivity contribution >= 4 is 91.0 Å². The van der Waals surface area contributed by atoms with Gasteiger partial charge >= 0.3 is 11.9 Å². The first kappa shape index (κ1) is 58.6. The second-order valence-electron chi connectivity index (χ2n) is 24.4. The highest BCUT2D eigenvalue weighted by atomic mass is 16.5. The monoisotopic (exact) mass is 1260 g/mol. The van der Waals surface area contributed by atoms with Gasteiger partial charge in [-0.05, 0) is 153 Å². The Kier molecular flexibility index (Phi) is 14.9. The standard InChI is InChI=1S/C86H56BN7O4/c88-53-58-36-43-76(71(46-58)84-90-82(60-28-14-4-15-29-60)89-83(91-84)61-30-16-5-17-31-61)94-74-44-39-62(59-26-12-3-13-27-59)47-69(74)70-48-63(40-45-75(70)94)66-51-79-81-80(52-66)93(68-34-20-7-21-35-68)78-50-65(86(96)98-55-57-24-10-2-11-25-57)38-42-73(78)87(81)72-41-37-64(85(95)97-54-56-22-8-1-9-23-56)49-77(72)92(79)67-32-18-6-19-33-67/h1-52H,54-55H2. The van der Waals surface area contributed by atoms with Gasteiger partial charge < -0.3 is 23.8 Å². The molecule has 0 unspecified atom stereocenters. The molecule has 2 aromatic heterocycles. The van der Waals surface area contributed by atoms with Crippen molar-refractivity contribution in [2.75, 3.05) is 9.80 Å². The van der Waals surface area contributed by atoms with Crippen molar-refractivity contribution in [2.24, 2.45) is 0 Å². The van der Waals surface area contributed by atoms with Gasteiger partial charge in [-0.25, -0.2) is 24.5 Å². The lowest BCUT2D eigenvalue weighted by Crippen LogP contribution is -2.61. The Labute approximate surface area is 566 Å². The maximum atomic E-state index is 14.4. The molecule has 462 valence electrons. The molecule has 0 saturated carbocycles. The fourth-order valence-corrected chi connectivity index (χ4v) is 13.9. The van der Waals surface area contributed by atoms with Crippen molar-refractivity contribution < 1.29 is 19.1 Å². The molecule has 0 saturated heterocycles. The normalized spacial score (nSPS) is 12.0. The van der Waals surface area contributed by atoms with E-state index in [0.717, 1.165) is 123 Å². The molecular weight excluding hydrogens is 1210 g/mol. The van der Waals surface area contributed by atoms with Gasteiger partial charge in [0.2, 0.25) is 0 Å². The molecule has 15 aromatic rings. The molecule has 11 nitrogen and oxygen atoms in total. The lowest BCUT2D eigenvalue weighted by molar-refractivity contribution is 0.0464. The SMILES string of the molecule is N#Cc1ccc(-n2c3ccc(-c4ccccc4)cc3c3cc(-c4cc5c6c(c4)N(c4ccccc4)c4cc(C(=O)OCc7ccccc7)ccc4B6c4ccc(C(=O)OCc6ccccc6)cc4N5c4ccccc4)ccc32)c(-c2nc(-c3ccccc3)nc(-c3ccccc3)n2)c1. The fraction of sp³-hybridized carbons (Fsp3) is 0.0233. The number of esters is 2. The number of fused-ring (bicyclic) bond motifs is 7. The van der Waals surface area contributed by atoms with Crippen LogP contribution in [-0.2, 0) is 22.7 Å². The number of ether oxygens (including phenoxy) is 2. The highest BCUT2D eigenvalue weighted by molar-refractivity contribution is 7.00. The third-order valence-corrected chi connectivity index (χ3v) is 18.5. The zero-order valence-corrected chi connectivity index (χ0v) is 52.8. The van der Waals surface area contributed by atoms with Crippen molar-refractivity contribution in [1.29, 1.82) is 5.26 Å². The second-order valence-corrected chi connectivity index (χ2v) is 24.4. The predicted octanol–water partition coefficient (Wildman–Crippen LogP) is 18.0. The largest absolute Gasteiger partial charge is 0.457 e. The molecule has 0 fully saturated rings. The first-order valence-electron chi connectivity index (χ1n) is 32.5. The van der Waals surface area contributed by atoms with E-state index < -0.39 is 11.9 Å². The van der Waals surface area contributed by atoms with Gasteiger partial charge in [0.25, 0.3) is 6.71 Å². The molecule has 98 heavy (non-hydrogen) atoms. The molecule has 0 amide bonds. The summed E-state index contributed by atoms with van der Waals surface area (Å²) < 4.78 is 14.4. The van der Waals surface area contributed by atoms with Crippen LogP contribution in [0.4, 0.5) is 34.1 Å². The highest BCUT2D eigenvalue weighted by Gasteiger charge is 2.44. The zero-order chi connectivity index (χ0) is 65.6. The number of anilines is 6. The van der Waals surface area contributed by atoms with Gasteiger partial charge in [0, 0.05) is 61.6 Å². The average molecular weight is 1260 g/mol. The van der Waals surface area contributed by atoms with E-state index in [4.69, 9.17) is 24.4 Å². The summed E-state index contributed by atoms with van der Waals surface area (Å²) in [4.78, 5) is 48.9. The molecule has 2 aliphatic rings. The topological polar surface area (TPSA) is 126 Å². The van der Waals surface area contributed by atoms with Crippen molar-refractivity contribution in [2.45, 2.75) is 13.2 Å². The second kappa shape index (κ2) is 24.9. The average Bonchev–Trinajstić information content (AvgIpc) is 0.790. The minimum absolute atomic E-state index is 0.117. The Morgan fingerprint density at radius 1 is 0.367 bits per heavy atom. The third kappa shape index (κ3) is 10.7. The van der Waals surface area contributed by atoms with Crippen LogP contribution < -0.4 is 26.2 Å². The zero-order valence-electron chi connectivity index (χ0n) is 52.8. The Balaban J connectivity index is 0.897. The van der Waals surface area contributed by atoms with Gasteiger partial charge in [0.1, 0.15) is 13.2 Å². The summed E-state index contributed by atoms with van der Waals surface area (Å²) in [5, 5.41) is 12.6.